The van der Waals surface area contributed by atoms with Crippen LogP contribution in [-0.2, 0) is 20.0 Å². The number of alkyl halides is 1. The van der Waals surface area contributed by atoms with E-state index in [1.54, 1.807) is 11.7 Å². The minimum atomic E-state index is -0.110. The molecule has 1 aromatic carbocycles. The highest BCUT2D eigenvalue weighted by Crippen LogP contribution is 2.15. The number of amides is 1. The highest BCUT2D eigenvalue weighted by molar-refractivity contribution is 9.09. The van der Waals surface area contributed by atoms with Crippen molar-refractivity contribution in [2.75, 3.05) is 11.9 Å². The fraction of sp³-hybridized carbons (Fsp3) is 0.545. The molecule has 0 fully saturated rings. The van der Waals surface area contributed by atoms with E-state index in [0.29, 0.717) is 12.2 Å². The number of rotatable bonds is 13. The number of aryl methyl sites for hydroxylation is 2. The van der Waals surface area contributed by atoms with Gasteiger partial charge >= 0.3 is 0 Å². The van der Waals surface area contributed by atoms with Crippen LogP contribution in [0.1, 0.15) is 67.2 Å². The number of hydrogen-bond donors (Lipinski definition) is 1. The van der Waals surface area contributed by atoms with Gasteiger partial charge in [-0.1, -0.05) is 60.7 Å². The summed E-state index contributed by atoms with van der Waals surface area (Å²) in [6.45, 7) is 3.24. The summed E-state index contributed by atoms with van der Waals surface area (Å²) in [4.78, 5) is 12.4. The zero-order valence-corrected chi connectivity index (χ0v) is 18.6. The molecule has 0 unspecified atom stereocenters. The van der Waals surface area contributed by atoms with Crippen LogP contribution in [-0.4, -0.2) is 27.6 Å². The number of nitrogens with zero attached hydrogens (tertiary/aromatic N) is 2. The number of halogens is 1. The van der Waals surface area contributed by atoms with Crippen LogP contribution in [0, 0.1) is 0 Å². The SMILES string of the molecule is CCc1cc(C(=O)NCc2cccc(OCCCCCCCCBr)c2)n(C)n1. The second-order valence-electron chi connectivity index (χ2n) is 6.99. The van der Waals surface area contributed by atoms with Gasteiger partial charge in [-0.2, -0.15) is 5.10 Å². The van der Waals surface area contributed by atoms with E-state index in [1.165, 1.54) is 32.1 Å². The summed E-state index contributed by atoms with van der Waals surface area (Å²) < 4.78 is 7.50. The molecule has 0 aliphatic rings. The molecule has 0 radical (unpaired) electrons. The maximum atomic E-state index is 12.4. The minimum Gasteiger partial charge on any atom is -0.494 e. The molecule has 1 heterocycles. The highest BCUT2D eigenvalue weighted by atomic mass is 79.9. The molecule has 0 bridgehead atoms. The van der Waals surface area contributed by atoms with Gasteiger partial charge in [0.15, 0.2) is 0 Å². The molecule has 2 aromatic rings. The molecule has 1 amide bonds. The fourth-order valence-corrected chi connectivity index (χ4v) is 3.42. The lowest BCUT2D eigenvalue weighted by atomic mass is 10.1. The van der Waals surface area contributed by atoms with Gasteiger partial charge in [0, 0.05) is 18.9 Å². The molecule has 1 N–H and O–H groups in total. The lowest BCUT2D eigenvalue weighted by Crippen LogP contribution is -2.25. The first-order chi connectivity index (χ1) is 13.6. The van der Waals surface area contributed by atoms with Crippen LogP contribution >= 0.6 is 15.9 Å². The molecular formula is C22H32BrN3O2. The van der Waals surface area contributed by atoms with Gasteiger partial charge in [-0.3, -0.25) is 9.48 Å². The maximum Gasteiger partial charge on any atom is 0.269 e. The average Bonchev–Trinajstić information content (AvgIpc) is 3.09. The molecule has 0 saturated carbocycles. The monoisotopic (exact) mass is 449 g/mol. The van der Waals surface area contributed by atoms with Gasteiger partial charge in [0.2, 0.25) is 0 Å². The van der Waals surface area contributed by atoms with Crippen molar-refractivity contribution in [3.05, 3.63) is 47.3 Å². The van der Waals surface area contributed by atoms with Gasteiger partial charge in [0.1, 0.15) is 11.4 Å². The molecule has 0 spiro atoms. The van der Waals surface area contributed by atoms with Crippen molar-refractivity contribution in [2.24, 2.45) is 7.05 Å². The second-order valence-corrected chi connectivity index (χ2v) is 7.78. The highest BCUT2D eigenvalue weighted by Gasteiger charge is 2.12. The van der Waals surface area contributed by atoms with Gasteiger partial charge in [0.25, 0.3) is 5.91 Å². The van der Waals surface area contributed by atoms with Gasteiger partial charge in [-0.05, 0) is 43.0 Å². The lowest BCUT2D eigenvalue weighted by Gasteiger charge is -2.09. The first kappa shape index (κ1) is 22.5. The normalized spacial score (nSPS) is 10.8. The largest absolute Gasteiger partial charge is 0.494 e. The molecule has 2 rings (SSSR count). The molecular weight excluding hydrogens is 418 g/mol. The Labute approximate surface area is 177 Å². The summed E-state index contributed by atoms with van der Waals surface area (Å²) in [5.41, 5.74) is 2.53. The van der Waals surface area contributed by atoms with Gasteiger partial charge in [-0.25, -0.2) is 0 Å². The predicted molar refractivity (Wildman–Crippen MR) is 117 cm³/mol. The standard InChI is InChI=1S/C22H32BrN3O2/c1-3-19-16-21(26(2)25-19)22(27)24-17-18-11-10-12-20(15-18)28-14-9-7-5-4-6-8-13-23/h10-12,15-16H,3-9,13-14,17H2,1-2H3,(H,24,27). The summed E-state index contributed by atoms with van der Waals surface area (Å²) in [6.07, 6.45) is 8.25. The number of carbonyl (C=O) groups excluding carboxylic acids is 1. The molecule has 0 saturated heterocycles. The van der Waals surface area contributed by atoms with E-state index < -0.39 is 0 Å². The van der Waals surface area contributed by atoms with E-state index in [-0.39, 0.29) is 5.91 Å². The number of hydrogen-bond acceptors (Lipinski definition) is 3. The summed E-state index contributed by atoms with van der Waals surface area (Å²) in [5, 5.41) is 8.39. The van der Waals surface area contributed by atoms with Crippen molar-refractivity contribution in [2.45, 2.75) is 58.4 Å². The van der Waals surface area contributed by atoms with Crippen LogP contribution < -0.4 is 10.1 Å². The Morgan fingerprint density at radius 3 is 2.61 bits per heavy atom. The van der Waals surface area contributed by atoms with E-state index in [4.69, 9.17) is 4.74 Å². The van der Waals surface area contributed by atoms with Gasteiger partial charge in [0.05, 0.1) is 12.3 Å². The number of unbranched alkanes of at least 4 members (excludes halogenated alkanes) is 5. The molecule has 0 aliphatic heterocycles. The third kappa shape index (κ3) is 7.66. The van der Waals surface area contributed by atoms with E-state index >= 15 is 0 Å². The molecule has 6 heteroatoms. The Kier molecular flexibility index (Phi) is 10.1. The molecule has 28 heavy (non-hydrogen) atoms. The minimum absolute atomic E-state index is 0.110. The number of nitrogens with one attached hydrogen (secondary N) is 1. The summed E-state index contributed by atoms with van der Waals surface area (Å²) >= 11 is 3.47. The maximum absolute atomic E-state index is 12.4. The van der Waals surface area contributed by atoms with Crippen molar-refractivity contribution < 1.29 is 9.53 Å². The molecule has 0 aliphatic carbocycles. The summed E-state index contributed by atoms with van der Waals surface area (Å²) in [6, 6.07) is 9.77. The van der Waals surface area contributed by atoms with Crippen LogP contribution in [0.2, 0.25) is 0 Å². The Balaban J connectivity index is 1.72. The Bertz CT molecular complexity index is 730. The topological polar surface area (TPSA) is 56.1 Å². The number of carbonyl (C=O) groups is 1. The Hall–Kier alpha value is -1.82. The molecule has 0 atom stereocenters. The molecule has 1 aromatic heterocycles. The van der Waals surface area contributed by atoms with Crippen LogP contribution in [0.25, 0.3) is 0 Å². The third-order valence-electron chi connectivity index (χ3n) is 4.67. The second kappa shape index (κ2) is 12.6. The van der Waals surface area contributed by atoms with Crippen molar-refractivity contribution in [1.29, 1.82) is 0 Å². The van der Waals surface area contributed by atoms with Crippen LogP contribution in [0.3, 0.4) is 0 Å². The number of ether oxygens (including phenoxy) is 1. The zero-order chi connectivity index (χ0) is 20.2. The van der Waals surface area contributed by atoms with E-state index in [1.807, 2.05) is 37.3 Å². The molecule has 5 nitrogen and oxygen atoms in total. The predicted octanol–water partition coefficient (Wildman–Crippen LogP) is 5.03. The average molecular weight is 450 g/mol. The van der Waals surface area contributed by atoms with Crippen molar-refractivity contribution >= 4 is 21.8 Å². The number of benzene rings is 1. The van der Waals surface area contributed by atoms with E-state index in [2.05, 4.69) is 26.3 Å². The Morgan fingerprint density at radius 2 is 1.89 bits per heavy atom. The van der Waals surface area contributed by atoms with Crippen LogP contribution in [0.4, 0.5) is 0 Å². The zero-order valence-electron chi connectivity index (χ0n) is 17.0. The fourth-order valence-electron chi connectivity index (χ4n) is 3.02. The van der Waals surface area contributed by atoms with Crippen molar-refractivity contribution in [3.8, 4) is 5.75 Å². The summed E-state index contributed by atoms with van der Waals surface area (Å²) in [5.74, 6) is 0.751. The van der Waals surface area contributed by atoms with Crippen LogP contribution in [0.15, 0.2) is 30.3 Å². The Morgan fingerprint density at radius 1 is 1.14 bits per heavy atom. The van der Waals surface area contributed by atoms with E-state index in [0.717, 1.165) is 41.8 Å². The van der Waals surface area contributed by atoms with Gasteiger partial charge in [-0.15, -0.1) is 0 Å². The van der Waals surface area contributed by atoms with Crippen molar-refractivity contribution in [1.82, 2.24) is 15.1 Å². The van der Waals surface area contributed by atoms with Gasteiger partial charge < -0.3 is 10.1 Å². The summed E-state index contributed by atoms with van der Waals surface area (Å²) in [7, 11) is 1.80. The van der Waals surface area contributed by atoms with E-state index in [9.17, 15) is 4.79 Å². The van der Waals surface area contributed by atoms with Crippen molar-refractivity contribution in [3.63, 3.8) is 0 Å². The third-order valence-corrected chi connectivity index (χ3v) is 5.23. The van der Waals surface area contributed by atoms with Crippen LogP contribution in [0.5, 0.6) is 5.75 Å². The molecule has 154 valence electrons. The lowest BCUT2D eigenvalue weighted by molar-refractivity contribution is 0.0941. The first-order valence-corrected chi connectivity index (χ1v) is 11.3. The quantitative estimate of drug-likeness (QED) is 0.344. The number of aromatic nitrogens is 2. The first-order valence-electron chi connectivity index (χ1n) is 10.2. The smallest absolute Gasteiger partial charge is 0.269 e.